The van der Waals surface area contributed by atoms with Crippen molar-refractivity contribution in [1.29, 1.82) is 0 Å². The van der Waals surface area contributed by atoms with Gasteiger partial charge in [-0.3, -0.25) is 4.79 Å². The number of carboxylic acids is 1. The average Bonchev–Trinajstić information content (AvgIpc) is 2.87. The van der Waals surface area contributed by atoms with Crippen LogP contribution in [-0.2, 0) is 26.6 Å². The second-order valence-corrected chi connectivity index (χ2v) is 12.1. The van der Waals surface area contributed by atoms with Crippen molar-refractivity contribution in [3.8, 4) is 0 Å². The third-order valence-electron chi connectivity index (χ3n) is 8.01. The van der Waals surface area contributed by atoms with E-state index >= 15 is 0 Å². The largest absolute Gasteiger partial charge is 0.481 e. The van der Waals surface area contributed by atoms with Crippen LogP contribution in [0.3, 0.4) is 0 Å². The highest BCUT2D eigenvalue weighted by Gasteiger charge is 2.43. The number of halogens is 7. The van der Waals surface area contributed by atoms with Crippen LogP contribution in [0, 0.1) is 11.3 Å². The summed E-state index contributed by atoms with van der Waals surface area (Å²) in [4.78, 5) is 14.0. The van der Waals surface area contributed by atoms with E-state index in [2.05, 4.69) is 20.8 Å². The molecule has 4 rings (SSSR count). The fraction of sp³-hybridized carbons (Fsp3) is 0.552. The van der Waals surface area contributed by atoms with E-state index in [4.69, 9.17) is 9.47 Å². The summed E-state index contributed by atoms with van der Waals surface area (Å²) >= 11 is 3.47. The lowest BCUT2D eigenvalue weighted by atomic mass is 9.78. The molecule has 1 N–H and O–H groups in total. The van der Waals surface area contributed by atoms with E-state index in [1.807, 2.05) is 24.3 Å². The molecule has 0 aromatic heterocycles. The zero-order chi connectivity index (χ0) is 30.2. The monoisotopic (exact) mass is 651 g/mol. The summed E-state index contributed by atoms with van der Waals surface area (Å²) in [6.45, 7) is 5.04. The number of ether oxygens (including phenoxy) is 2. The van der Waals surface area contributed by atoms with Gasteiger partial charge in [0.1, 0.15) is 0 Å². The number of likely N-dealkylation sites (tertiary alicyclic amines) is 1. The van der Waals surface area contributed by atoms with Crippen molar-refractivity contribution in [3.05, 3.63) is 69.2 Å². The number of nitrogens with zero attached hydrogens (tertiary/aromatic N) is 1. The Kier molecular flexibility index (Phi) is 9.47. The van der Waals surface area contributed by atoms with Gasteiger partial charge in [0.25, 0.3) is 0 Å². The summed E-state index contributed by atoms with van der Waals surface area (Å²) in [6.07, 6.45) is -10.1. The van der Waals surface area contributed by atoms with Crippen LogP contribution in [0.5, 0.6) is 0 Å². The first-order chi connectivity index (χ1) is 19.1. The quantitative estimate of drug-likeness (QED) is 0.309. The smallest absolute Gasteiger partial charge is 0.416 e. The second-order valence-electron chi connectivity index (χ2n) is 11.2. The minimum atomic E-state index is -4.97. The van der Waals surface area contributed by atoms with E-state index in [1.165, 1.54) is 6.92 Å². The number of benzene rings is 2. The van der Waals surface area contributed by atoms with Crippen LogP contribution in [-0.4, -0.2) is 48.5 Å². The fourth-order valence-corrected chi connectivity index (χ4v) is 6.23. The van der Waals surface area contributed by atoms with Crippen LogP contribution in [0.1, 0.15) is 67.4 Å². The van der Waals surface area contributed by atoms with Crippen molar-refractivity contribution in [2.45, 2.75) is 63.8 Å². The van der Waals surface area contributed by atoms with Gasteiger partial charge in [-0.05, 0) is 87.0 Å². The lowest BCUT2D eigenvalue weighted by molar-refractivity contribution is -0.211. The van der Waals surface area contributed by atoms with Crippen LogP contribution in [0.15, 0.2) is 46.9 Å². The number of hydrogen-bond donors (Lipinski definition) is 1. The molecule has 2 aromatic carbocycles. The molecule has 0 radical (unpaired) electrons. The van der Waals surface area contributed by atoms with E-state index in [0.717, 1.165) is 23.0 Å². The third-order valence-corrected chi connectivity index (χ3v) is 8.50. The van der Waals surface area contributed by atoms with Gasteiger partial charge in [-0.15, -0.1) is 0 Å². The van der Waals surface area contributed by atoms with Gasteiger partial charge in [0.05, 0.1) is 29.3 Å². The molecular weight excluding hydrogens is 620 g/mol. The summed E-state index contributed by atoms with van der Waals surface area (Å²) in [7, 11) is 0. The van der Waals surface area contributed by atoms with Crippen LogP contribution in [0.2, 0.25) is 0 Å². The highest BCUT2D eigenvalue weighted by atomic mass is 79.9. The lowest BCUT2D eigenvalue weighted by Crippen LogP contribution is -2.49. The van der Waals surface area contributed by atoms with Gasteiger partial charge in [0.15, 0.2) is 6.29 Å². The number of rotatable bonds is 7. The molecule has 0 amide bonds. The van der Waals surface area contributed by atoms with Crippen LogP contribution in [0.4, 0.5) is 26.3 Å². The molecule has 0 bridgehead atoms. The Hall–Kier alpha value is -2.15. The van der Waals surface area contributed by atoms with Crippen LogP contribution < -0.4 is 0 Å². The Morgan fingerprint density at radius 3 is 2.39 bits per heavy atom. The van der Waals surface area contributed by atoms with Crippen molar-refractivity contribution in [2.24, 2.45) is 11.3 Å². The summed E-state index contributed by atoms with van der Waals surface area (Å²) in [5.74, 6) is -1.33. The van der Waals surface area contributed by atoms with Gasteiger partial charge in [0.2, 0.25) is 0 Å². The van der Waals surface area contributed by atoms with E-state index in [1.54, 1.807) is 6.92 Å². The Labute approximate surface area is 242 Å². The highest BCUT2D eigenvalue weighted by molar-refractivity contribution is 9.10. The van der Waals surface area contributed by atoms with Gasteiger partial charge >= 0.3 is 18.3 Å². The molecule has 2 saturated heterocycles. The lowest BCUT2D eigenvalue weighted by Gasteiger charge is -2.44. The van der Waals surface area contributed by atoms with E-state index in [-0.39, 0.29) is 24.2 Å². The van der Waals surface area contributed by atoms with Gasteiger partial charge in [0, 0.05) is 23.5 Å². The molecule has 2 aliphatic rings. The molecule has 2 fully saturated rings. The summed E-state index contributed by atoms with van der Waals surface area (Å²) < 4.78 is 93.8. The molecule has 2 heterocycles. The molecule has 41 heavy (non-hydrogen) atoms. The average molecular weight is 652 g/mol. The summed E-state index contributed by atoms with van der Waals surface area (Å²) in [6, 6.07) is 8.88. The first-order valence-corrected chi connectivity index (χ1v) is 14.1. The molecule has 2 aromatic rings. The van der Waals surface area contributed by atoms with Gasteiger partial charge in [-0.25, -0.2) is 0 Å². The Bertz CT molecular complexity index is 1210. The van der Waals surface area contributed by atoms with Crippen LogP contribution >= 0.6 is 15.9 Å². The third kappa shape index (κ3) is 7.63. The molecule has 0 aliphatic carbocycles. The topological polar surface area (TPSA) is 59.0 Å². The molecule has 5 nitrogen and oxygen atoms in total. The maximum atomic E-state index is 13.5. The molecule has 226 valence electrons. The predicted molar refractivity (Wildman–Crippen MR) is 142 cm³/mol. The number of alkyl halides is 6. The van der Waals surface area contributed by atoms with Crippen molar-refractivity contribution in [3.63, 3.8) is 0 Å². The summed E-state index contributed by atoms with van der Waals surface area (Å²) in [5, 5.41) is 9.76. The van der Waals surface area contributed by atoms with Crippen molar-refractivity contribution < 1.29 is 45.7 Å². The molecule has 5 atom stereocenters. The number of hydrogen-bond acceptors (Lipinski definition) is 4. The molecule has 2 aliphatic heterocycles. The molecule has 5 unspecified atom stereocenters. The minimum absolute atomic E-state index is 0.0707. The number of carbonyl (C=O) groups is 1. The maximum absolute atomic E-state index is 13.5. The summed E-state index contributed by atoms with van der Waals surface area (Å²) in [5.41, 5.74) is -3.12. The standard InChI is InChI=1S/C29H32BrF6NO4/c1-17(20-11-21(28(31,32)33)14-22(12-20)29(34,35)36)41-25-24(18-5-3-6-23(30)13-18)19(7-10-40-25)15-37-9-4-8-27(2,16-37)26(38)39/h3,5-6,11-14,17,19,24-25H,4,7-10,15-16H2,1-2H3,(H,38,39). The minimum Gasteiger partial charge on any atom is -0.481 e. The van der Waals surface area contributed by atoms with E-state index in [9.17, 15) is 36.2 Å². The van der Waals surface area contributed by atoms with Crippen LogP contribution in [0.25, 0.3) is 0 Å². The molecular formula is C29H32BrF6NO4. The zero-order valence-corrected chi connectivity index (χ0v) is 24.2. The SMILES string of the molecule is CC(OC1OCCC(CN2CCCC(C)(C(=O)O)C2)C1c1cccc(Br)c1)c1cc(C(F)(F)F)cc(C(F)(F)F)c1. The zero-order valence-electron chi connectivity index (χ0n) is 22.6. The number of carboxylic acid groups (broad SMARTS) is 1. The van der Waals surface area contributed by atoms with Crippen molar-refractivity contribution in [1.82, 2.24) is 4.90 Å². The van der Waals surface area contributed by atoms with Gasteiger partial charge in [-0.2, -0.15) is 26.3 Å². The molecule has 0 spiro atoms. The first-order valence-electron chi connectivity index (χ1n) is 13.3. The predicted octanol–water partition coefficient (Wildman–Crippen LogP) is 7.90. The van der Waals surface area contributed by atoms with Crippen molar-refractivity contribution >= 4 is 21.9 Å². The maximum Gasteiger partial charge on any atom is 0.416 e. The first kappa shape index (κ1) is 31.8. The fourth-order valence-electron chi connectivity index (χ4n) is 5.81. The van der Waals surface area contributed by atoms with Crippen molar-refractivity contribution in [2.75, 3.05) is 26.2 Å². The van der Waals surface area contributed by atoms with E-state index < -0.39 is 53.2 Å². The molecule has 12 heteroatoms. The normalized spacial score (nSPS) is 27.0. The Balaban J connectivity index is 1.64. The Morgan fingerprint density at radius 1 is 1.15 bits per heavy atom. The number of piperidine rings is 1. The second kappa shape index (κ2) is 12.2. The van der Waals surface area contributed by atoms with Gasteiger partial charge in [-0.1, -0.05) is 28.1 Å². The molecule has 0 saturated carbocycles. The van der Waals surface area contributed by atoms with E-state index in [0.29, 0.717) is 38.1 Å². The van der Waals surface area contributed by atoms with Gasteiger partial charge < -0.3 is 19.5 Å². The number of aliphatic carboxylic acids is 1. The Morgan fingerprint density at radius 2 is 1.80 bits per heavy atom. The highest BCUT2D eigenvalue weighted by Crippen LogP contribution is 2.43.